The molecule has 0 spiro atoms. The van der Waals surface area contributed by atoms with Gasteiger partial charge >= 0.3 is 0 Å². The standard InChI is InChI=1S/C30H36F4O/c1-3-5-19-6-8-20(9-7-19)21-10-12-22(13-11-21)23-14-15-24(28(32)27(23)31)25-16-17-26(35-18-4-2)30(34)29(25)33/h4,14-22H,3,5-13H2,1-2H3/b18-4+. The molecule has 0 amide bonds. The van der Waals surface area contributed by atoms with Gasteiger partial charge in [-0.05, 0) is 86.8 Å². The van der Waals surface area contributed by atoms with Gasteiger partial charge in [0.25, 0.3) is 0 Å². The Balaban J connectivity index is 1.44. The van der Waals surface area contributed by atoms with Crippen molar-refractivity contribution in [3.63, 3.8) is 0 Å². The highest BCUT2D eigenvalue weighted by atomic mass is 19.2. The SMILES string of the molecule is C/C=C/Oc1ccc(-c2ccc(C3CCC(C4CCC(CCC)CC4)CC3)c(F)c2F)c(F)c1F. The summed E-state index contributed by atoms with van der Waals surface area (Å²) >= 11 is 0. The van der Waals surface area contributed by atoms with Crippen LogP contribution in [0.5, 0.6) is 5.75 Å². The first-order valence-electron chi connectivity index (χ1n) is 13.2. The molecule has 0 saturated heterocycles. The highest BCUT2D eigenvalue weighted by Gasteiger charge is 2.32. The molecule has 1 nitrogen and oxygen atoms in total. The van der Waals surface area contributed by atoms with Crippen molar-refractivity contribution >= 4 is 0 Å². The molecule has 2 fully saturated rings. The lowest BCUT2D eigenvalue weighted by Gasteiger charge is -2.38. The van der Waals surface area contributed by atoms with Crippen molar-refractivity contribution < 1.29 is 22.3 Å². The zero-order chi connectivity index (χ0) is 24.9. The third kappa shape index (κ3) is 5.59. The van der Waals surface area contributed by atoms with Gasteiger partial charge in [0, 0.05) is 11.1 Å². The predicted octanol–water partition coefficient (Wildman–Crippen LogP) is 9.70. The van der Waals surface area contributed by atoms with E-state index in [4.69, 9.17) is 4.74 Å². The van der Waals surface area contributed by atoms with Crippen LogP contribution in [0.25, 0.3) is 11.1 Å². The van der Waals surface area contributed by atoms with Gasteiger partial charge < -0.3 is 4.74 Å². The van der Waals surface area contributed by atoms with Gasteiger partial charge in [0.15, 0.2) is 23.2 Å². The second-order valence-electron chi connectivity index (χ2n) is 10.3. The van der Waals surface area contributed by atoms with Crippen LogP contribution < -0.4 is 4.74 Å². The minimum Gasteiger partial charge on any atom is -0.462 e. The number of hydrogen-bond donors (Lipinski definition) is 0. The molecule has 2 aliphatic carbocycles. The zero-order valence-electron chi connectivity index (χ0n) is 20.8. The Morgan fingerprint density at radius 3 is 1.91 bits per heavy atom. The molecule has 2 aliphatic rings. The van der Waals surface area contributed by atoms with Crippen LogP contribution in [0.15, 0.2) is 36.6 Å². The largest absolute Gasteiger partial charge is 0.462 e. The zero-order valence-corrected chi connectivity index (χ0v) is 20.8. The number of ether oxygens (including phenoxy) is 1. The summed E-state index contributed by atoms with van der Waals surface area (Å²) in [6.07, 6.45) is 14.4. The van der Waals surface area contributed by atoms with E-state index in [2.05, 4.69) is 6.92 Å². The molecule has 190 valence electrons. The van der Waals surface area contributed by atoms with Crippen molar-refractivity contribution in [2.75, 3.05) is 0 Å². The molecule has 0 N–H and O–H groups in total. The maximum atomic E-state index is 15.2. The minimum absolute atomic E-state index is 0.0376. The molecule has 35 heavy (non-hydrogen) atoms. The smallest absolute Gasteiger partial charge is 0.201 e. The van der Waals surface area contributed by atoms with Crippen LogP contribution in [0, 0.1) is 41.0 Å². The van der Waals surface area contributed by atoms with Crippen molar-refractivity contribution in [2.24, 2.45) is 17.8 Å². The summed E-state index contributed by atoms with van der Waals surface area (Å²) in [5, 5.41) is 0. The summed E-state index contributed by atoms with van der Waals surface area (Å²) in [4.78, 5) is 0. The molecule has 0 radical (unpaired) electrons. The van der Waals surface area contributed by atoms with Gasteiger partial charge in [0.1, 0.15) is 0 Å². The van der Waals surface area contributed by atoms with Crippen molar-refractivity contribution in [1.29, 1.82) is 0 Å². The highest BCUT2D eigenvalue weighted by Crippen LogP contribution is 2.45. The third-order valence-corrected chi connectivity index (χ3v) is 8.25. The number of benzene rings is 2. The first-order chi connectivity index (χ1) is 16.9. The van der Waals surface area contributed by atoms with Crippen molar-refractivity contribution in [3.8, 4) is 16.9 Å². The molecule has 0 heterocycles. The van der Waals surface area contributed by atoms with E-state index in [1.165, 1.54) is 69.1 Å². The van der Waals surface area contributed by atoms with Crippen LogP contribution >= 0.6 is 0 Å². The Kier molecular flexibility index (Phi) is 8.56. The van der Waals surface area contributed by atoms with Gasteiger partial charge in [0.05, 0.1) is 6.26 Å². The van der Waals surface area contributed by atoms with Crippen LogP contribution in [0.1, 0.15) is 89.5 Å². The van der Waals surface area contributed by atoms with Crippen LogP contribution in [-0.4, -0.2) is 0 Å². The normalized spacial score (nSPS) is 25.2. The summed E-state index contributed by atoms with van der Waals surface area (Å²) in [5.41, 5.74) is -0.247. The van der Waals surface area contributed by atoms with Crippen LogP contribution in [-0.2, 0) is 0 Å². The average Bonchev–Trinajstić information content (AvgIpc) is 2.88. The molecule has 0 bridgehead atoms. The molecular formula is C30H36F4O. The summed E-state index contributed by atoms with van der Waals surface area (Å²) < 4.78 is 64.3. The van der Waals surface area contributed by atoms with Gasteiger partial charge in [-0.3, -0.25) is 0 Å². The van der Waals surface area contributed by atoms with E-state index in [0.717, 1.165) is 37.5 Å². The fourth-order valence-corrected chi connectivity index (χ4v) is 6.32. The van der Waals surface area contributed by atoms with Gasteiger partial charge in [0.2, 0.25) is 5.82 Å². The van der Waals surface area contributed by atoms with E-state index in [1.807, 2.05) is 0 Å². The summed E-state index contributed by atoms with van der Waals surface area (Å²) in [6.45, 7) is 3.93. The lowest BCUT2D eigenvalue weighted by Crippen LogP contribution is -2.25. The van der Waals surface area contributed by atoms with E-state index in [9.17, 15) is 8.78 Å². The monoisotopic (exact) mass is 488 g/mol. The lowest BCUT2D eigenvalue weighted by atomic mass is 9.68. The molecule has 2 aromatic carbocycles. The average molecular weight is 489 g/mol. The Bertz CT molecular complexity index is 1030. The Morgan fingerprint density at radius 2 is 1.31 bits per heavy atom. The lowest BCUT2D eigenvalue weighted by molar-refractivity contribution is 0.156. The van der Waals surface area contributed by atoms with Gasteiger partial charge in [-0.25, -0.2) is 13.2 Å². The van der Waals surface area contributed by atoms with Gasteiger partial charge in [-0.2, -0.15) is 4.39 Å². The molecule has 0 atom stereocenters. The van der Waals surface area contributed by atoms with E-state index in [1.54, 1.807) is 13.0 Å². The molecule has 0 aromatic heterocycles. The van der Waals surface area contributed by atoms with Crippen molar-refractivity contribution in [3.05, 3.63) is 65.4 Å². The first-order valence-corrected chi connectivity index (χ1v) is 13.2. The maximum absolute atomic E-state index is 15.2. The second-order valence-corrected chi connectivity index (χ2v) is 10.3. The summed E-state index contributed by atoms with van der Waals surface area (Å²) in [5.74, 6) is -2.56. The van der Waals surface area contributed by atoms with E-state index < -0.39 is 23.3 Å². The summed E-state index contributed by atoms with van der Waals surface area (Å²) in [6, 6.07) is 5.36. The second kappa shape index (κ2) is 11.6. The molecule has 0 aliphatic heterocycles. The van der Waals surface area contributed by atoms with E-state index >= 15 is 8.78 Å². The van der Waals surface area contributed by atoms with Crippen molar-refractivity contribution in [2.45, 2.75) is 84.0 Å². The first kappa shape index (κ1) is 25.8. The number of halogens is 4. The minimum atomic E-state index is -1.26. The number of allylic oxidation sites excluding steroid dienone is 1. The van der Waals surface area contributed by atoms with Gasteiger partial charge in [-0.15, -0.1) is 0 Å². The quantitative estimate of drug-likeness (QED) is 0.278. The Morgan fingerprint density at radius 1 is 0.743 bits per heavy atom. The van der Waals surface area contributed by atoms with Crippen molar-refractivity contribution in [1.82, 2.24) is 0 Å². The Labute approximate surface area is 206 Å². The number of hydrogen-bond acceptors (Lipinski definition) is 1. The third-order valence-electron chi connectivity index (χ3n) is 8.25. The topological polar surface area (TPSA) is 9.23 Å². The van der Waals surface area contributed by atoms with Gasteiger partial charge in [-0.1, -0.05) is 50.8 Å². The molecule has 2 saturated carbocycles. The highest BCUT2D eigenvalue weighted by molar-refractivity contribution is 5.66. The van der Waals surface area contributed by atoms with Crippen LogP contribution in [0.3, 0.4) is 0 Å². The molecule has 5 heteroatoms. The van der Waals surface area contributed by atoms with E-state index in [0.29, 0.717) is 11.5 Å². The Hall–Kier alpha value is -2.30. The maximum Gasteiger partial charge on any atom is 0.201 e. The van der Waals surface area contributed by atoms with E-state index in [-0.39, 0.29) is 22.8 Å². The molecule has 0 unspecified atom stereocenters. The summed E-state index contributed by atoms with van der Waals surface area (Å²) in [7, 11) is 0. The molecular weight excluding hydrogens is 452 g/mol. The molecule has 4 rings (SSSR count). The predicted molar refractivity (Wildman–Crippen MR) is 132 cm³/mol. The fraction of sp³-hybridized carbons (Fsp3) is 0.533. The van der Waals surface area contributed by atoms with Crippen LogP contribution in [0.4, 0.5) is 17.6 Å². The molecule has 2 aromatic rings. The number of rotatable bonds is 7. The van der Waals surface area contributed by atoms with Crippen LogP contribution in [0.2, 0.25) is 0 Å². The fourth-order valence-electron chi connectivity index (χ4n) is 6.32.